The van der Waals surface area contributed by atoms with E-state index < -0.39 is 5.82 Å². The first-order valence-electron chi connectivity index (χ1n) is 6.86. The number of amides is 1. The van der Waals surface area contributed by atoms with Crippen LogP contribution >= 0.6 is 31.9 Å². The van der Waals surface area contributed by atoms with Crippen molar-refractivity contribution < 1.29 is 9.18 Å². The molecule has 0 radical (unpaired) electrons. The van der Waals surface area contributed by atoms with Gasteiger partial charge < -0.3 is 5.32 Å². The van der Waals surface area contributed by atoms with Crippen molar-refractivity contribution in [1.82, 2.24) is 5.32 Å². The van der Waals surface area contributed by atoms with Crippen LogP contribution in [0.1, 0.15) is 42.5 Å². The molecule has 2 nitrogen and oxygen atoms in total. The molecule has 2 rings (SSSR count). The monoisotopic (exact) mass is 405 g/mol. The predicted molar refractivity (Wildman–Crippen MR) is 85.7 cm³/mol. The Morgan fingerprint density at radius 2 is 2.00 bits per heavy atom. The molecule has 1 saturated carbocycles. The lowest BCUT2D eigenvalue weighted by atomic mass is 9.75. The molecule has 1 fully saturated rings. The number of carbonyl (C=O) groups is 1. The van der Waals surface area contributed by atoms with Gasteiger partial charge in [-0.25, -0.2) is 4.39 Å². The Balaban J connectivity index is 1.98. The van der Waals surface area contributed by atoms with Gasteiger partial charge in [0.05, 0.1) is 4.47 Å². The maximum Gasteiger partial charge on any atom is 0.251 e. The summed E-state index contributed by atoms with van der Waals surface area (Å²) < 4.78 is 13.8. The maximum atomic E-state index is 13.4. The second-order valence-corrected chi connectivity index (χ2v) is 6.92. The molecule has 0 aromatic heterocycles. The molecule has 110 valence electrons. The lowest BCUT2D eigenvalue weighted by molar-refractivity contribution is 0.0921. The number of benzene rings is 1. The van der Waals surface area contributed by atoms with Crippen LogP contribution in [-0.2, 0) is 0 Å². The molecule has 1 amide bonds. The second-order valence-electron chi connectivity index (χ2n) is 5.51. The Morgan fingerprint density at radius 1 is 1.30 bits per heavy atom. The van der Waals surface area contributed by atoms with Gasteiger partial charge in [0.2, 0.25) is 0 Å². The third-order valence-corrected chi connectivity index (χ3v) is 5.84. The van der Waals surface area contributed by atoms with Crippen molar-refractivity contribution in [2.24, 2.45) is 5.41 Å². The average molecular weight is 407 g/mol. The van der Waals surface area contributed by atoms with Gasteiger partial charge in [-0.05, 0) is 52.4 Å². The summed E-state index contributed by atoms with van der Waals surface area (Å²) in [6, 6.07) is 4.45. The lowest BCUT2D eigenvalue weighted by Crippen LogP contribution is -2.40. The van der Waals surface area contributed by atoms with Gasteiger partial charge in [-0.2, -0.15) is 0 Å². The highest BCUT2D eigenvalue weighted by atomic mass is 79.9. The minimum atomic E-state index is -0.412. The minimum absolute atomic E-state index is 0.155. The van der Waals surface area contributed by atoms with E-state index in [9.17, 15) is 9.18 Å². The van der Waals surface area contributed by atoms with Crippen molar-refractivity contribution >= 4 is 37.8 Å². The van der Waals surface area contributed by atoms with Crippen molar-refractivity contribution in [3.63, 3.8) is 0 Å². The van der Waals surface area contributed by atoms with Crippen molar-refractivity contribution in [2.75, 3.05) is 11.9 Å². The van der Waals surface area contributed by atoms with E-state index in [1.54, 1.807) is 12.1 Å². The zero-order valence-electron chi connectivity index (χ0n) is 11.2. The molecule has 20 heavy (non-hydrogen) atoms. The lowest BCUT2D eigenvalue weighted by Gasteiger charge is -2.35. The summed E-state index contributed by atoms with van der Waals surface area (Å²) in [7, 11) is 0. The van der Waals surface area contributed by atoms with Crippen LogP contribution in [0.4, 0.5) is 4.39 Å². The molecule has 1 aliphatic rings. The van der Waals surface area contributed by atoms with E-state index in [1.807, 2.05) is 0 Å². The van der Waals surface area contributed by atoms with E-state index in [0.717, 1.165) is 18.2 Å². The van der Waals surface area contributed by atoms with Crippen molar-refractivity contribution in [1.29, 1.82) is 0 Å². The van der Waals surface area contributed by atoms with Crippen LogP contribution in [0, 0.1) is 11.2 Å². The molecular formula is C15H18Br2FNO. The number of rotatable bonds is 4. The summed E-state index contributed by atoms with van der Waals surface area (Å²) in [5.74, 6) is -0.618. The highest BCUT2D eigenvalue weighted by Crippen LogP contribution is 2.37. The second kappa shape index (κ2) is 7.03. The summed E-state index contributed by atoms with van der Waals surface area (Å²) in [5.41, 5.74) is 0.521. The fourth-order valence-electron chi connectivity index (χ4n) is 2.67. The van der Waals surface area contributed by atoms with Crippen LogP contribution in [0.2, 0.25) is 0 Å². The zero-order chi connectivity index (χ0) is 14.6. The van der Waals surface area contributed by atoms with Crippen LogP contribution in [0.25, 0.3) is 0 Å². The highest BCUT2D eigenvalue weighted by molar-refractivity contribution is 9.10. The first kappa shape index (κ1) is 16.0. The molecule has 0 saturated heterocycles. The van der Waals surface area contributed by atoms with Gasteiger partial charge in [-0.15, -0.1) is 0 Å². The van der Waals surface area contributed by atoms with Crippen molar-refractivity contribution in [3.05, 3.63) is 34.1 Å². The van der Waals surface area contributed by atoms with E-state index in [1.165, 1.54) is 25.3 Å². The first-order chi connectivity index (χ1) is 9.56. The van der Waals surface area contributed by atoms with Crippen LogP contribution < -0.4 is 5.32 Å². The van der Waals surface area contributed by atoms with E-state index in [-0.39, 0.29) is 11.3 Å². The van der Waals surface area contributed by atoms with Gasteiger partial charge in [0, 0.05) is 17.4 Å². The third kappa shape index (κ3) is 3.82. The Bertz CT molecular complexity index is 487. The van der Waals surface area contributed by atoms with Crippen LogP contribution in [-0.4, -0.2) is 17.8 Å². The number of nitrogens with one attached hydrogen (secondary N) is 1. The number of carbonyl (C=O) groups excluding carboxylic acids is 1. The molecule has 1 N–H and O–H groups in total. The first-order valence-corrected chi connectivity index (χ1v) is 8.77. The summed E-state index contributed by atoms with van der Waals surface area (Å²) in [4.78, 5) is 12.1. The Labute approximate surface area is 135 Å². The fraction of sp³-hybridized carbons (Fsp3) is 0.533. The van der Waals surface area contributed by atoms with Crippen LogP contribution in [0.15, 0.2) is 22.7 Å². The van der Waals surface area contributed by atoms with Gasteiger partial charge in [0.15, 0.2) is 0 Å². The third-order valence-electron chi connectivity index (χ3n) is 4.00. The molecule has 0 atom stereocenters. The average Bonchev–Trinajstić information content (AvgIpc) is 2.48. The Hall–Kier alpha value is -0.420. The molecule has 0 bridgehead atoms. The standard InChI is InChI=1S/C15H18Br2FNO/c16-9-15(6-2-1-3-7-15)10-19-14(20)11-4-5-12(17)13(18)8-11/h4-5,8H,1-3,6-7,9-10H2,(H,19,20). The molecule has 1 aromatic carbocycles. The maximum absolute atomic E-state index is 13.4. The number of hydrogen-bond donors (Lipinski definition) is 1. The summed E-state index contributed by atoms with van der Waals surface area (Å²) in [5, 5.41) is 3.85. The normalized spacial score (nSPS) is 17.8. The highest BCUT2D eigenvalue weighted by Gasteiger charge is 2.31. The Kier molecular flexibility index (Phi) is 5.61. The van der Waals surface area contributed by atoms with Gasteiger partial charge in [-0.3, -0.25) is 4.79 Å². The van der Waals surface area contributed by atoms with Gasteiger partial charge >= 0.3 is 0 Å². The van der Waals surface area contributed by atoms with E-state index in [4.69, 9.17) is 0 Å². The predicted octanol–water partition coefficient (Wildman–Crippen LogP) is 4.66. The van der Waals surface area contributed by atoms with Gasteiger partial charge in [0.1, 0.15) is 5.82 Å². The molecule has 0 spiro atoms. The number of hydrogen-bond acceptors (Lipinski definition) is 1. The molecule has 0 unspecified atom stereocenters. The smallest absolute Gasteiger partial charge is 0.251 e. The van der Waals surface area contributed by atoms with E-state index in [2.05, 4.69) is 37.2 Å². The van der Waals surface area contributed by atoms with Crippen molar-refractivity contribution in [2.45, 2.75) is 32.1 Å². The molecule has 0 aliphatic heterocycles. The van der Waals surface area contributed by atoms with Crippen LogP contribution in [0.3, 0.4) is 0 Å². The minimum Gasteiger partial charge on any atom is -0.351 e. The van der Waals surface area contributed by atoms with E-state index >= 15 is 0 Å². The topological polar surface area (TPSA) is 29.1 Å². The molecule has 0 heterocycles. The van der Waals surface area contributed by atoms with Gasteiger partial charge in [-0.1, -0.05) is 35.2 Å². The van der Waals surface area contributed by atoms with Gasteiger partial charge in [0.25, 0.3) is 5.91 Å². The number of alkyl halides is 1. The quantitative estimate of drug-likeness (QED) is 0.723. The van der Waals surface area contributed by atoms with Crippen LogP contribution in [0.5, 0.6) is 0 Å². The molecular weight excluding hydrogens is 389 g/mol. The summed E-state index contributed by atoms with van der Waals surface area (Å²) >= 11 is 6.66. The molecule has 5 heteroatoms. The SMILES string of the molecule is O=C(NCC1(CBr)CCCCC1)c1ccc(Br)c(F)c1. The number of halogens is 3. The molecule has 1 aliphatic carbocycles. The Morgan fingerprint density at radius 3 is 2.60 bits per heavy atom. The zero-order valence-corrected chi connectivity index (χ0v) is 14.4. The largest absolute Gasteiger partial charge is 0.351 e. The fourth-order valence-corrected chi connectivity index (χ4v) is 3.67. The van der Waals surface area contributed by atoms with E-state index in [0.29, 0.717) is 16.6 Å². The summed E-state index contributed by atoms with van der Waals surface area (Å²) in [6.07, 6.45) is 5.98. The van der Waals surface area contributed by atoms with Crippen molar-refractivity contribution in [3.8, 4) is 0 Å². The summed E-state index contributed by atoms with van der Waals surface area (Å²) in [6.45, 7) is 0.648. The molecule has 1 aromatic rings.